The number of nitrogens with zero attached hydrogens (tertiary/aromatic N) is 5. The van der Waals surface area contributed by atoms with E-state index in [1.807, 2.05) is 30.3 Å². The topological polar surface area (TPSA) is 154 Å². The van der Waals surface area contributed by atoms with Gasteiger partial charge in [0.2, 0.25) is 0 Å². The van der Waals surface area contributed by atoms with Crippen LogP contribution < -0.4 is 5.84 Å². The van der Waals surface area contributed by atoms with Crippen LogP contribution >= 0.6 is 0 Å². The Morgan fingerprint density at radius 1 is 0.714 bits per heavy atom. The summed E-state index contributed by atoms with van der Waals surface area (Å²) in [6.07, 6.45) is 8.45. The molecule has 10 nitrogen and oxygen atoms in total. The van der Waals surface area contributed by atoms with E-state index in [9.17, 15) is 9.59 Å². The molecule has 0 fully saturated rings. The van der Waals surface area contributed by atoms with E-state index in [4.69, 9.17) is 10.9 Å². The summed E-state index contributed by atoms with van der Waals surface area (Å²) in [5, 5.41) is 29.4. The quantitative estimate of drug-likeness (QED) is 0.0350. The number of benzene rings is 3. The third kappa shape index (κ3) is 18.0. The van der Waals surface area contributed by atoms with Crippen molar-refractivity contribution in [2.45, 2.75) is 64.2 Å². The molecule has 49 heavy (non-hydrogen) atoms. The SMILES string of the molecule is NN=C([Se])Cc1ccccc1.O=COCCCCC(=O)O.c1ccc(Cc2nnc(CCCCc3nnc(Cc4ccccc4)[se]3)[se]2)cc1. The first-order chi connectivity index (χ1) is 23.9. The molecule has 13 heteroatoms. The van der Waals surface area contributed by atoms with Crippen LogP contribution in [-0.4, -0.2) is 94.2 Å². The van der Waals surface area contributed by atoms with Gasteiger partial charge in [0.1, 0.15) is 0 Å². The molecule has 0 amide bonds. The van der Waals surface area contributed by atoms with Gasteiger partial charge in [-0.05, 0) is 12.8 Å². The van der Waals surface area contributed by atoms with Gasteiger partial charge in [-0.25, -0.2) is 0 Å². The van der Waals surface area contributed by atoms with Crippen LogP contribution in [-0.2, 0) is 46.4 Å². The van der Waals surface area contributed by atoms with Gasteiger partial charge in [0, 0.05) is 6.42 Å². The number of carboxylic acid groups (broad SMARTS) is 1. The predicted octanol–water partition coefficient (Wildman–Crippen LogP) is 4.21. The molecule has 0 saturated heterocycles. The van der Waals surface area contributed by atoms with Crippen LogP contribution in [0, 0.1) is 0 Å². The summed E-state index contributed by atoms with van der Waals surface area (Å²) >= 11 is 3.46. The molecule has 0 aliphatic carbocycles. The van der Waals surface area contributed by atoms with Gasteiger partial charge in [-0.15, -0.1) is 0 Å². The molecule has 0 spiro atoms. The molecular formula is C36H41N6O4Se3. The number of aryl methyl sites for hydroxylation is 2. The Balaban J connectivity index is 0.000000255. The first-order valence-electron chi connectivity index (χ1n) is 15.9. The van der Waals surface area contributed by atoms with Gasteiger partial charge >= 0.3 is 258 Å². The molecule has 2 heterocycles. The Morgan fingerprint density at radius 3 is 1.59 bits per heavy atom. The Bertz CT molecular complexity index is 1570. The monoisotopic (exact) mass is 861 g/mol. The van der Waals surface area contributed by atoms with E-state index < -0.39 is 5.97 Å². The maximum atomic E-state index is 9.92. The number of aromatic nitrogens is 4. The summed E-state index contributed by atoms with van der Waals surface area (Å²) < 4.78 is 10.2. The number of hydrazone groups is 1. The normalized spacial score (nSPS) is 10.7. The van der Waals surface area contributed by atoms with Crippen LogP contribution in [0.4, 0.5) is 0 Å². The van der Waals surface area contributed by atoms with Crippen molar-refractivity contribution < 1.29 is 19.4 Å². The summed E-state index contributed by atoms with van der Waals surface area (Å²) in [5.74, 6) is 4.26. The zero-order valence-electron chi connectivity index (χ0n) is 27.2. The number of hydrogen-bond acceptors (Lipinski definition) is 9. The summed E-state index contributed by atoms with van der Waals surface area (Å²) in [7, 11) is 0. The van der Waals surface area contributed by atoms with E-state index >= 15 is 0 Å². The minimum absolute atomic E-state index is 0.141. The number of carboxylic acids is 1. The molecule has 0 saturated carbocycles. The Morgan fingerprint density at radius 2 is 1.16 bits per heavy atom. The van der Waals surface area contributed by atoms with Gasteiger partial charge in [0.25, 0.3) is 6.47 Å². The molecule has 3 aromatic carbocycles. The standard InChI is InChI=1S/C22H22N4Se2.C8H9N2Se.C6H10O4/c1-3-9-17(10-4-1)15-21-25-23-19(27-21)13-7-8-14-20-24-26-22(28-20)16-18-11-5-2-6-12-18;9-10-8(11)6-7-4-2-1-3-5-7;7-5-10-4-2-1-3-6(8)9/h1-6,9-12H,7-8,13-16H2;1-5H,6,9H2;5H,1-4H2,(H,8,9). The van der Waals surface area contributed by atoms with E-state index in [2.05, 4.69) is 107 Å². The molecule has 3 N–H and O–H groups in total. The van der Waals surface area contributed by atoms with Crippen molar-refractivity contribution >= 4 is 62.1 Å². The fourth-order valence-corrected chi connectivity index (χ4v) is 8.55. The van der Waals surface area contributed by atoms with E-state index in [0.29, 0.717) is 54.9 Å². The van der Waals surface area contributed by atoms with Crippen LogP contribution in [0.2, 0.25) is 0 Å². The molecule has 1 radical (unpaired) electrons. The van der Waals surface area contributed by atoms with Gasteiger partial charge in [0.15, 0.2) is 0 Å². The maximum absolute atomic E-state index is 9.92. The second kappa shape index (κ2) is 24.4. The molecule has 0 aliphatic rings. The summed E-state index contributed by atoms with van der Waals surface area (Å²) in [5.41, 5.74) is 3.87. The van der Waals surface area contributed by atoms with Crippen molar-refractivity contribution in [1.82, 2.24) is 20.4 Å². The molecule has 0 atom stereocenters. The van der Waals surface area contributed by atoms with Gasteiger partial charge in [-0.1, -0.05) is 0 Å². The minimum atomic E-state index is -0.814. The van der Waals surface area contributed by atoms with Crippen LogP contribution in [0.25, 0.3) is 0 Å². The van der Waals surface area contributed by atoms with Crippen molar-refractivity contribution in [2.75, 3.05) is 6.61 Å². The number of nitrogens with two attached hydrogens (primary N) is 1. The van der Waals surface area contributed by atoms with E-state index in [1.165, 1.54) is 35.0 Å². The third-order valence-corrected chi connectivity index (χ3v) is 11.4. The van der Waals surface area contributed by atoms with Crippen molar-refractivity contribution in [3.63, 3.8) is 0 Å². The molecular weight excluding hydrogens is 817 g/mol. The fourth-order valence-electron chi connectivity index (χ4n) is 4.34. The number of carbonyl (C=O) groups excluding carboxylic acids is 1. The van der Waals surface area contributed by atoms with Gasteiger partial charge in [0.05, 0.1) is 6.61 Å². The fraction of sp³-hybridized carbons (Fsp3) is 0.306. The van der Waals surface area contributed by atoms with Crippen LogP contribution in [0.1, 0.15) is 67.1 Å². The first kappa shape index (κ1) is 39.7. The number of rotatable bonds is 17. The third-order valence-electron chi connectivity index (χ3n) is 6.76. The molecule has 0 aliphatic heterocycles. The Hall–Kier alpha value is -3.69. The Kier molecular flexibility index (Phi) is 19.8. The first-order valence-corrected chi connectivity index (χ1v) is 20.2. The van der Waals surface area contributed by atoms with Crippen LogP contribution in [0.3, 0.4) is 0 Å². The van der Waals surface area contributed by atoms with Gasteiger partial charge in [-0.2, -0.15) is 0 Å². The van der Waals surface area contributed by atoms with Crippen LogP contribution in [0.5, 0.6) is 0 Å². The summed E-state index contributed by atoms with van der Waals surface area (Å²) in [6.45, 7) is 0.678. The zero-order valence-corrected chi connectivity index (χ0v) is 32.4. The number of aliphatic carboxylic acids is 1. The number of carbonyl (C=O) groups is 2. The summed E-state index contributed by atoms with van der Waals surface area (Å²) in [4.78, 5) is 19.5. The van der Waals surface area contributed by atoms with E-state index in [-0.39, 0.29) is 6.42 Å². The molecule has 0 unspecified atom stereocenters. The second-order valence-electron chi connectivity index (χ2n) is 10.7. The molecule has 0 bridgehead atoms. The van der Waals surface area contributed by atoms with Gasteiger partial charge in [-0.3, -0.25) is 9.59 Å². The molecule has 5 rings (SSSR count). The average molecular weight is 859 g/mol. The second-order valence-corrected chi connectivity index (χ2v) is 16.5. The van der Waals surface area contributed by atoms with Crippen molar-refractivity contribution in [3.05, 3.63) is 126 Å². The number of unbranched alkanes of at least 4 members (excludes halogenated alkanes) is 2. The average Bonchev–Trinajstić information content (AvgIpc) is 3.77. The number of hydrogen-bond donors (Lipinski definition) is 2. The van der Waals surface area contributed by atoms with Crippen molar-refractivity contribution in [3.8, 4) is 0 Å². The number of ether oxygens (including phenoxy) is 1. The van der Waals surface area contributed by atoms with E-state index in [1.54, 1.807) is 0 Å². The molecule has 5 aromatic rings. The predicted molar refractivity (Wildman–Crippen MR) is 194 cm³/mol. The zero-order chi connectivity index (χ0) is 34.9. The Labute approximate surface area is 307 Å². The van der Waals surface area contributed by atoms with Gasteiger partial charge < -0.3 is 9.84 Å². The van der Waals surface area contributed by atoms with Crippen LogP contribution in [0.15, 0.2) is 96.1 Å². The van der Waals surface area contributed by atoms with E-state index in [0.717, 1.165) is 49.6 Å². The van der Waals surface area contributed by atoms with Crippen molar-refractivity contribution in [1.29, 1.82) is 0 Å². The molecule has 2 aromatic heterocycles. The molecule has 257 valence electrons. The summed E-state index contributed by atoms with van der Waals surface area (Å²) in [6, 6.07) is 31.2. The van der Waals surface area contributed by atoms with Crippen molar-refractivity contribution in [2.24, 2.45) is 10.9 Å².